The van der Waals surface area contributed by atoms with E-state index in [1.165, 1.54) is 11.1 Å². The lowest BCUT2D eigenvalue weighted by molar-refractivity contribution is 0.905. The average molecular weight is 212 g/mol. The van der Waals surface area contributed by atoms with E-state index < -0.39 is 0 Å². The SMILES string of the molecule is C=CCc1ccccc1[C@@H](C)C(=C)/C=C\C. The molecule has 0 N–H and O–H groups in total. The van der Waals surface area contributed by atoms with E-state index in [-0.39, 0.29) is 0 Å². The van der Waals surface area contributed by atoms with Gasteiger partial charge in [0.15, 0.2) is 0 Å². The van der Waals surface area contributed by atoms with Crippen LogP contribution in [0, 0.1) is 0 Å². The molecule has 0 radical (unpaired) electrons. The molecule has 16 heavy (non-hydrogen) atoms. The first-order valence-corrected chi connectivity index (χ1v) is 5.71. The number of hydrogen-bond acceptors (Lipinski definition) is 0. The number of allylic oxidation sites excluding steroid dienone is 4. The van der Waals surface area contributed by atoms with Crippen molar-refractivity contribution in [3.8, 4) is 0 Å². The summed E-state index contributed by atoms with van der Waals surface area (Å²) in [4.78, 5) is 0. The highest BCUT2D eigenvalue weighted by Gasteiger charge is 2.10. The summed E-state index contributed by atoms with van der Waals surface area (Å²) in [6, 6.07) is 8.50. The maximum Gasteiger partial charge on any atom is 0.00578 e. The van der Waals surface area contributed by atoms with Crippen molar-refractivity contribution in [2.75, 3.05) is 0 Å². The highest BCUT2D eigenvalue weighted by atomic mass is 14.1. The summed E-state index contributed by atoms with van der Waals surface area (Å²) in [5, 5.41) is 0. The van der Waals surface area contributed by atoms with Crippen LogP contribution in [0.1, 0.15) is 30.9 Å². The second kappa shape index (κ2) is 6.12. The molecule has 0 aliphatic heterocycles. The fourth-order valence-electron chi connectivity index (χ4n) is 1.86. The Kier molecular flexibility index (Phi) is 4.78. The van der Waals surface area contributed by atoms with E-state index in [2.05, 4.69) is 50.4 Å². The highest BCUT2D eigenvalue weighted by Crippen LogP contribution is 2.26. The van der Waals surface area contributed by atoms with Crippen molar-refractivity contribution in [3.63, 3.8) is 0 Å². The van der Waals surface area contributed by atoms with E-state index in [9.17, 15) is 0 Å². The predicted molar refractivity (Wildman–Crippen MR) is 72.7 cm³/mol. The van der Waals surface area contributed by atoms with Gasteiger partial charge in [0.2, 0.25) is 0 Å². The molecule has 0 saturated carbocycles. The maximum absolute atomic E-state index is 4.11. The lowest BCUT2D eigenvalue weighted by Gasteiger charge is -2.16. The van der Waals surface area contributed by atoms with Crippen LogP contribution in [0.5, 0.6) is 0 Å². The molecule has 1 aromatic carbocycles. The molecule has 1 rings (SSSR count). The van der Waals surface area contributed by atoms with Gasteiger partial charge >= 0.3 is 0 Å². The minimum Gasteiger partial charge on any atom is -0.103 e. The van der Waals surface area contributed by atoms with Gasteiger partial charge in [-0.15, -0.1) is 6.58 Å². The van der Waals surface area contributed by atoms with Gasteiger partial charge in [0, 0.05) is 5.92 Å². The molecule has 0 aromatic heterocycles. The largest absolute Gasteiger partial charge is 0.103 e. The molecule has 84 valence electrons. The molecular weight excluding hydrogens is 192 g/mol. The van der Waals surface area contributed by atoms with Gasteiger partial charge in [-0.25, -0.2) is 0 Å². The third-order valence-corrected chi connectivity index (χ3v) is 2.82. The lowest BCUT2D eigenvalue weighted by Crippen LogP contribution is -2.00. The Morgan fingerprint density at radius 2 is 2.06 bits per heavy atom. The molecule has 0 nitrogen and oxygen atoms in total. The molecule has 0 spiro atoms. The zero-order valence-electron chi connectivity index (χ0n) is 10.2. The summed E-state index contributed by atoms with van der Waals surface area (Å²) in [7, 11) is 0. The normalized spacial score (nSPS) is 12.6. The third kappa shape index (κ3) is 2.96. The van der Waals surface area contributed by atoms with Crippen molar-refractivity contribution in [1.29, 1.82) is 0 Å². The summed E-state index contributed by atoms with van der Waals surface area (Å²) in [5.74, 6) is 0.368. The van der Waals surface area contributed by atoms with Crippen molar-refractivity contribution in [2.24, 2.45) is 0 Å². The Morgan fingerprint density at radius 1 is 1.38 bits per heavy atom. The molecular formula is C16H20. The first-order chi connectivity index (χ1) is 7.70. The van der Waals surface area contributed by atoms with E-state index >= 15 is 0 Å². The molecule has 0 aliphatic rings. The number of benzene rings is 1. The van der Waals surface area contributed by atoms with E-state index in [4.69, 9.17) is 0 Å². The van der Waals surface area contributed by atoms with Crippen molar-refractivity contribution in [1.82, 2.24) is 0 Å². The fourth-order valence-corrected chi connectivity index (χ4v) is 1.86. The van der Waals surface area contributed by atoms with E-state index in [0.717, 1.165) is 12.0 Å². The summed E-state index contributed by atoms with van der Waals surface area (Å²) in [6.07, 6.45) is 6.98. The van der Waals surface area contributed by atoms with Crippen LogP contribution in [-0.2, 0) is 6.42 Å². The molecule has 1 aromatic rings. The van der Waals surface area contributed by atoms with Crippen LogP contribution in [0.4, 0.5) is 0 Å². The van der Waals surface area contributed by atoms with E-state index in [1.807, 2.05) is 19.1 Å². The maximum atomic E-state index is 4.11. The van der Waals surface area contributed by atoms with Crippen LogP contribution in [0.3, 0.4) is 0 Å². The van der Waals surface area contributed by atoms with Gasteiger partial charge in [-0.3, -0.25) is 0 Å². The molecule has 0 aliphatic carbocycles. The smallest absolute Gasteiger partial charge is 0.00578 e. The van der Waals surface area contributed by atoms with Crippen LogP contribution in [-0.4, -0.2) is 0 Å². The number of hydrogen-bond donors (Lipinski definition) is 0. The predicted octanol–water partition coefficient (Wildman–Crippen LogP) is 4.65. The lowest BCUT2D eigenvalue weighted by atomic mass is 9.89. The zero-order valence-corrected chi connectivity index (χ0v) is 10.2. The molecule has 0 amide bonds. The van der Waals surface area contributed by atoms with Crippen LogP contribution in [0.15, 0.2) is 61.2 Å². The monoisotopic (exact) mass is 212 g/mol. The van der Waals surface area contributed by atoms with Crippen molar-refractivity contribution >= 4 is 0 Å². The Morgan fingerprint density at radius 3 is 2.69 bits per heavy atom. The Bertz CT molecular complexity index is 396. The standard InChI is InChI=1S/C16H20/c1-5-9-13(3)14(4)16-12-8-7-11-15(16)10-6-2/h5-9,11-12,14H,2-3,10H2,1,4H3/b9-5-/t14-/m0/s1. The summed E-state index contributed by atoms with van der Waals surface area (Å²) >= 11 is 0. The molecule has 0 saturated heterocycles. The Hall–Kier alpha value is -1.56. The highest BCUT2D eigenvalue weighted by molar-refractivity contribution is 5.38. The first kappa shape index (κ1) is 12.5. The van der Waals surface area contributed by atoms with Crippen LogP contribution in [0.2, 0.25) is 0 Å². The average Bonchev–Trinajstić information content (AvgIpc) is 2.29. The topological polar surface area (TPSA) is 0 Å². The number of rotatable bonds is 5. The quantitative estimate of drug-likeness (QED) is 0.492. The Balaban J connectivity index is 3.02. The van der Waals surface area contributed by atoms with Gasteiger partial charge in [-0.2, -0.15) is 0 Å². The first-order valence-electron chi connectivity index (χ1n) is 5.71. The molecule has 0 unspecified atom stereocenters. The second-order valence-corrected chi connectivity index (χ2v) is 3.99. The third-order valence-electron chi connectivity index (χ3n) is 2.82. The van der Waals surface area contributed by atoms with E-state index in [0.29, 0.717) is 5.92 Å². The summed E-state index contributed by atoms with van der Waals surface area (Å²) in [6.45, 7) is 12.1. The fraction of sp³-hybridized carbons (Fsp3) is 0.250. The van der Waals surface area contributed by atoms with Crippen molar-refractivity contribution < 1.29 is 0 Å². The molecule has 1 atom stereocenters. The van der Waals surface area contributed by atoms with E-state index in [1.54, 1.807) is 0 Å². The zero-order chi connectivity index (χ0) is 12.0. The van der Waals surface area contributed by atoms with Gasteiger partial charge in [0.1, 0.15) is 0 Å². The molecule has 0 heterocycles. The van der Waals surface area contributed by atoms with Gasteiger partial charge in [0.05, 0.1) is 0 Å². The summed E-state index contributed by atoms with van der Waals surface area (Å²) in [5.41, 5.74) is 3.85. The minimum atomic E-state index is 0.368. The van der Waals surface area contributed by atoms with Crippen molar-refractivity contribution in [3.05, 3.63) is 72.4 Å². The minimum absolute atomic E-state index is 0.368. The Labute approximate surface area is 99.0 Å². The van der Waals surface area contributed by atoms with Crippen LogP contribution in [0.25, 0.3) is 0 Å². The van der Waals surface area contributed by atoms with Gasteiger partial charge in [-0.1, -0.05) is 56.0 Å². The van der Waals surface area contributed by atoms with Crippen LogP contribution < -0.4 is 0 Å². The molecule has 0 heteroatoms. The molecule has 0 bridgehead atoms. The van der Waals surface area contributed by atoms with Gasteiger partial charge < -0.3 is 0 Å². The second-order valence-electron chi connectivity index (χ2n) is 3.99. The van der Waals surface area contributed by atoms with Crippen molar-refractivity contribution in [2.45, 2.75) is 26.2 Å². The summed E-state index contributed by atoms with van der Waals surface area (Å²) < 4.78 is 0. The van der Waals surface area contributed by atoms with Gasteiger partial charge in [0.25, 0.3) is 0 Å². The molecule has 0 fully saturated rings. The van der Waals surface area contributed by atoms with Crippen LogP contribution >= 0.6 is 0 Å². The van der Waals surface area contributed by atoms with Gasteiger partial charge in [-0.05, 0) is 30.0 Å².